The largest absolute Gasteiger partial charge is 0.393 e. The van der Waals surface area contributed by atoms with Crippen LogP contribution in [0.5, 0.6) is 0 Å². The predicted octanol–water partition coefficient (Wildman–Crippen LogP) is 2.14. The first kappa shape index (κ1) is 13.8. The van der Waals surface area contributed by atoms with E-state index < -0.39 is 15.1 Å². The van der Waals surface area contributed by atoms with Crippen molar-refractivity contribution in [1.82, 2.24) is 0 Å². The van der Waals surface area contributed by atoms with Crippen LogP contribution in [0.3, 0.4) is 0 Å². The average Bonchev–Trinajstić information content (AvgIpc) is 3.05. The van der Waals surface area contributed by atoms with E-state index in [1.807, 2.05) is 12.1 Å². The summed E-state index contributed by atoms with van der Waals surface area (Å²) in [6.45, 7) is 1.64. The number of hydrogen-bond donors (Lipinski definition) is 1. The molecule has 0 saturated heterocycles. The summed E-state index contributed by atoms with van der Waals surface area (Å²) in [5, 5.41) is 0.104. The van der Waals surface area contributed by atoms with Crippen LogP contribution >= 0.6 is 23.8 Å². The van der Waals surface area contributed by atoms with Crippen LogP contribution in [0.25, 0.3) is 0 Å². The third-order valence-corrected chi connectivity index (χ3v) is 6.06. The van der Waals surface area contributed by atoms with E-state index >= 15 is 0 Å². The van der Waals surface area contributed by atoms with E-state index in [1.54, 1.807) is 19.1 Å². The Kier molecular flexibility index (Phi) is 3.67. The molecule has 18 heavy (non-hydrogen) atoms. The summed E-state index contributed by atoms with van der Waals surface area (Å²) in [6.07, 6.45) is 0. The molecule has 1 saturated carbocycles. The maximum atomic E-state index is 12.0. The topological polar surface area (TPSA) is 60.2 Å². The van der Waals surface area contributed by atoms with Gasteiger partial charge in [-0.1, -0.05) is 42.9 Å². The molecule has 0 bridgehead atoms. The number of thiocarbonyl (C=S) groups is 1. The van der Waals surface area contributed by atoms with E-state index in [2.05, 4.69) is 0 Å². The van der Waals surface area contributed by atoms with E-state index in [1.165, 1.54) is 0 Å². The molecule has 0 radical (unpaired) electrons. The Morgan fingerprint density at radius 1 is 1.50 bits per heavy atom. The molecular formula is C12H14ClNO2S2. The molecule has 3 atom stereocenters. The van der Waals surface area contributed by atoms with Crippen molar-refractivity contribution in [3.63, 3.8) is 0 Å². The lowest BCUT2D eigenvalue weighted by Gasteiger charge is -2.01. The van der Waals surface area contributed by atoms with Crippen molar-refractivity contribution in [3.8, 4) is 0 Å². The summed E-state index contributed by atoms with van der Waals surface area (Å²) in [5.74, 6) is -0.303. The van der Waals surface area contributed by atoms with E-state index in [0.717, 1.165) is 5.56 Å². The van der Waals surface area contributed by atoms with Gasteiger partial charge in [0.1, 0.15) is 0 Å². The van der Waals surface area contributed by atoms with Crippen LogP contribution in [0.4, 0.5) is 0 Å². The van der Waals surface area contributed by atoms with Crippen LogP contribution < -0.4 is 5.73 Å². The number of hydrogen-bond acceptors (Lipinski definition) is 3. The first-order chi connectivity index (χ1) is 8.38. The summed E-state index contributed by atoms with van der Waals surface area (Å²) in [6, 6.07) is 7.21. The Morgan fingerprint density at radius 2 is 2.17 bits per heavy atom. The summed E-state index contributed by atoms with van der Waals surface area (Å²) < 4.78 is 24.0. The van der Waals surface area contributed by atoms with Gasteiger partial charge in [0.25, 0.3) is 0 Å². The molecule has 0 unspecified atom stereocenters. The van der Waals surface area contributed by atoms with Crippen LogP contribution in [0.15, 0.2) is 24.3 Å². The second-order valence-corrected chi connectivity index (χ2v) is 7.78. The minimum atomic E-state index is -3.14. The van der Waals surface area contributed by atoms with E-state index in [4.69, 9.17) is 29.6 Å². The van der Waals surface area contributed by atoms with E-state index in [9.17, 15) is 8.42 Å². The molecule has 0 aromatic heterocycles. The maximum Gasteiger partial charge on any atom is 0.154 e. The van der Waals surface area contributed by atoms with Gasteiger partial charge >= 0.3 is 0 Å². The van der Waals surface area contributed by atoms with Gasteiger partial charge in [0.2, 0.25) is 0 Å². The molecule has 0 heterocycles. The van der Waals surface area contributed by atoms with Gasteiger partial charge < -0.3 is 5.73 Å². The van der Waals surface area contributed by atoms with E-state index in [0.29, 0.717) is 5.02 Å². The standard InChI is InChI=1S/C12H14ClNO2S2/c1-2-18(15,16)11-9(10(11)12(14)17)7-4-3-5-8(13)6-7/h3-6,9-11H,2H2,1H3,(H2,14,17)/t9-,10-,11+/m0/s1. The van der Waals surface area contributed by atoms with Gasteiger partial charge in [0.15, 0.2) is 9.84 Å². The highest BCUT2D eigenvalue weighted by Crippen LogP contribution is 2.52. The van der Waals surface area contributed by atoms with Crippen molar-refractivity contribution in [3.05, 3.63) is 34.9 Å². The summed E-state index contributed by atoms with van der Waals surface area (Å²) >= 11 is 10.9. The summed E-state index contributed by atoms with van der Waals surface area (Å²) in [5.41, 5.74) is 6.53. The predicted molar refractivity (Wildman–Crippen MR) is 77.7 cm³/mol. The van der Waals surface area contributed by atoms with Crippen LogP contribution in [0.2, 0.25) is 5.02 Å². The Hall–Kier alpha value is -0.650. The van der Waals surface area contributed by atoms with Gasteiger partial charge in [-0.3, -0.25) is 0 Å². The lowest BCUT2D eigenvalue weighted by Crippen LogP contribution is -2.18. The fraction of sp³-hybridized carbons (Fsp3) is 0.417. The lowest BCUT2D eigenvalue weighted by molar-refractivity contribution is 0.594. The molecule has 0 aliphatic heterocycles. The molecule has 2 N–H and O–H groups in total. The first-order valence-electron chi connectivity index (χ1n) is 5.65. The maximum absolute atomic E-state index is 12.0. The normalized spacial score (nSPS) is 26.9. The van der Waals surface area contributed by atoms with Crippen molar-refractivity contribution >= 4 is 38.6 Å². The number of benzene rings is 1. The van der Waals surface area contributed by atoms with E-state index in [-0.39, 0.29) is 22.6 Å². The van der Waals surface area contributed by atoms with Gasteiger partial charge in [0, 0.05) is 22.6 Å². The fourth-order valence-corrected chi connectivity index (χ4v) is 4.78. The zero-order valence-electron chi connectivity index (χ0n) is 9.84. The van der Waals surface area contributed by atoms with Gasteiger partial charge in [-0.05, 0) is 17.7 Å². The van der Waals surface area contributed by atoms with Crippen LogP contribution in [-0.4, -0.2) is 24.4 Å². The molecule has 6 heteroatoms. The van der Waals surface area contributed by atoms with Crippen molar-refractivity contribution in [1.29, 1.82) is 0 Å². The van der Waals surface area contributed by atoms with Crippen LogP contribution in [-0.2, 0) is 9.84 Å². The van der Waals surface area contributed by atoms with Crippen molar-refractivity contribution in [2.45, 2.75) is 18.1 Å². The smallest absolute Gasteiger partial charge is 0.154 e. The highest BCUT2D eigenvalue weighted by atomic mass is 35.5. The van der Waals surface area contributed by atoms with Gasteiger partial charge in [-0.2, -0.15) is 0 Å². The second kappa shape index (κ2) is 4.79. The number of sulfone groups is 1. The Labute approximate surface area is 117 Å². The average molecular weight is 304 g/mol. The number of nitrogens with two attached hydrogens (primary N) is 1. The Morgan fingerprint density at radius 3 is 2.67 bits per heavy atom. The molecule has 0 spiro atoms. The van der Waals surface area contributed by atoms with Crippen LogP contribution in [0.1, 0.15) is 18.4 Å². The van der Waals surface area contributed by atoms with Gasteiger partial charge in [-0.15, -0.1) is 0 Å². The molecule has 2 rings (SSSR count). The highest BCUT2D eigenvalue weighted by Gasteiger charge is 2.59. The highest BCUT2D eigenvalue weighted by molar-refractivity contribution is 7.92. The van der Waals surface area contributed by atoms with Crippen molar-refractivity contribution < 1.29 is 8.42 Å². The monoisotopic (exact) mass is 303 g/mol. The van der Waals surface area contributed by atoms with Gasteiger partial charge in [-0.25, -0.2) is 8.42 Å². The third kappa shape index (κ3) is 2.39. The molecule has 1 aliphatic rings. The minimum absolute atomic E-state index is 0.105. The quantitative estimate of drug-likeness (QED) is 0.866. The first-order valence-corrected chi connectivity index (χ1v) is 8.15. The zero-order valence-corrected chi connectivity index (χ0v) is 12.2. The second-order valence-electron chi connectivity index (χ2n) is 4.43. The molecule has 1 aromatic carbocycles. The number of rotatable bonds is 4. The molecule has 98 valence electrons. The summed E-state index contributed by atoms with van der Waals surface area (Å²) in [7, 11) is -3.14. The lowest BCUT2D eigenvalue weighted by atomic mass is 10.1. The zero-order chi connectivity index (χ0) is 13.5. The van der Waals surface area contributed by atoms with Crippen molar-refractivity contribution in [2.75, 3.05) is 5.75 Å². The Bertz CT molecular complexity index is 585. The van der Waals surface area contributed by atoms with Crippen molar-refractivity contribution in [2.24, 2.45) is 11.7 Å². The molecule has 3 nitrogen and oxygen atoms in total. The fourth-order valence-electron chi connectivity index (χ4n) is 2.37. The SMILES string of the molecule is CCS(=O)(=O)[C@H]1[C@@H](C(N)=S)[C@@H]1c1cccc(Cl)c1. The minimum Gasteiger partial charge on any atom is -0.393 e. The van der Waals surface area contributed by atoms with Crippen LogP contribution in [0, 0.1) is 5.92 Å². The molecule has 0 amide bonds. The third-order valence-electron chi connectivity index (χ3n) is 3.33. The molecule has 1 aliphatic carbocycles. The molecule has 1 aromatic rings. The van der Waals surface area contributed by atoms with Gasteiger partial charge in [0.05, 0.1) is 10.2 Å². The number of halogens is 1. The Balaban J connectivity index is 2.37. The molecule has 1 fully saturated rings. The molecular weight excluding hydrogens is 290 g/mol. The summed E-state index contributed by atoms with van der Waals surface area (Å²) in [4.78, 5) is 0.266.